The van der Waals surface area contributed by atoms with Crippen molar-refractivity contribution in [2.75, 3.05) is 13.1 Å². The van der Waals surface area contributed by atoms with Gasteiger partial charge in [0.05, 0.1) is 11.3 Å². The molecule has 2 heterocycles. The first kappa shape index (κ1) is 17.5. The predicted octanol–water partition coefficient (Wildman–Crippen LogP) is 4.78. The van der Waals surface area contributed by atoms with E-state index in [1.165, 1.54) is 17.5 Å². The molecule has 0 radical (unpaired) electrons. The van der Waals surface area contributed by atoms with Crippen molar-refractivity contribution < 1.29 is 4.79 Å². The Morgan fingerprint density at radius 2 is 1.67 bits per heavy atom. The average Bonchev–Trinajstić information content (AvgIpc) is 3.16. The Morgan fingerprint density at radius 1 is 0.926 bits per heavy atom. The van der Waals surface area contributed by atoms with Crippen molar-refractivity contribution in [3.05, 3.63) is 71.4 Å². The molecule has 1 fully saturated rings. The molecule has 1 amide bonds. The highest BCUT2D eigenvalue weighted by Gasteiger charge is 2.24. The minimum atomic E-state index is 0.0881. The van der Waals surface area contributed by atoms with Gasteiger partial charge in [-0.25, -0.2) is 4.68 Å². The fourth-order valence-electron chi connectivity index (χ4n) is 3.61. The smallest absolute Gasteiger partial charge is 0.257 e. The minimum Gasteiger partial charge on any atom is -0.339 e. The number of piperidine rings is 1. The van der Waals surface area contributed by atoms with Crippen LogP contribution >= 0.6 is 0 Å². The minimum absolute atomic E-state index is 0.0881. The van der Waals surface area contributed by atoms with Gasteiger partial charge in [-0.2, -0.15) is 5.10 Å². The molecule has 4 rings (SSSR count). The zero-order chi connectivity index (χ0) is 18.8. The first-order valence-electron chi connectivity index (χ1n) is 9.65. The van der Waals surface area contributed by atoms with E-state index in [1.54, 1.807) is 0 Å². The van der Waals surface area contributed by atoms with Gasteiger partial charge in [-0.15, -0.1) is 0 Å². The van der Waals surface area contributed by atoms with Crippen LogP contribution in [-0.2, 0) is 0 Å². The molecule has 0 bridgehead atoms. The number of aryl methyl sites for hydroxylation is 2. The molecular formula is C23H25N3O. The van der Waals surface area contributed by atoms with Gasteiger partial charge in [0.2, 0.25) is 0 Å². The first-order chi connectivity index (χ1) is 13.1. The van der Waals surface area contributed by atoms with Gasteiger partial charge >= 0.3 is 0 Å². The van der Waals surface area contributed by atoms with Gasteiger partial charge in [0.15, 0.2) is 0 Å². The van der Waals surface area contributed by atoms with E-state index in [1.807, 2.05) is 46.1 Å². The van der Waals surface area contributed by atoms with Crippen LogP contribution in [0.1, 0.15) is 40.7 Å². The van der Waals surface area contributed by atoms with E-state index in [2.05, 4.69) is 32.0 Å². The predicted molar refractivity (Wildman–Crippen MR) is 108 cm³/mol. The Hall–Kier alpha value is -2.88. The number of hydrogen-bond donors (Lipinski definition) is 0. The summed E-state index contributed by atoms with van der Waals surface area (Å²) in [5.74, 6) is 0.0881. The third-order valence-corrected chi connectivity index (χ3v) is 5.39. The summed E-state index contributed by atoms with van der Waals surface area (Å²) < 4.78 is 1.82. The molecule has 2 aromatic carbocycles. The molecule has 4 nitrogen and oxygen atoms in total. The van der Waals surface area contributed by atoms with Crippen LogP contribution in [0, 0.1) is 13.8 Å². The van der Waals surface area contributed by atoms with Crippen LogP contribution < -0.4 is 0 Å². The van der Waals surface area contributed by atoms with Crippen LogP contribution in [0.5, 0.6) is 0 Å². The first-order valence-corrected chi connectivity index (χ1v) is 9.65. The van der Waals surface area contributed by atoms with Crippen LogP contribution in [0.15, 0.2) is 54.7 Å². The molecule has 1 aromatic heterocycles. The quantitative estimate of drug-likeness (QED) is 0.675. The second-order valence-electron chi connectivity index (χ2n) is 7.32. The highest BCUT2D eigenvalue weighted by atomic mass is 16.2. The van der Waals surface area contributed by atoms with E-state index in [0.29, 0.717) is 5.56 Å². The normalized spacial score (nSPS) is 14.4. The Balaban J connectivity index is 1.81. The zero-order valence-electron chi connectivity index (χ0n) is 16.0. The number of carbonyl (C=O) groups excluding carboxylic acids is 1. The lowest BCUT2D eigenvalue weighted by Gasteiger charge is -2.26. The Kier molecular flexibility index (Phi) is 4.80. The van der Waals surface area contributed by atoms with Crippen molar-refractivity contribution in [1.82, 2.24) is 14.7 Å². The van der Waals surface area contributed by atoms with Crippen LogP contribution in [0.3, 0.4) is 0 Å². The van der Waals surface area contributed by atoms with Crippen LogP contribution in [0.25, 0.3) is 16.9 Å². The lowest BCUT2D eigenvalue weighted by Crippen LogP contribution is -2.35. The summed E-state index contributed by atoms with van der Waals surface area (Å²) in [6.45, 7) is 5.87. The zero-order valence-corrected chi connectivity index (χ0v) is 16.0. The van der Waals surface area contributed by atoms with E-state index in [0.717, 1.165) is 42.9 Å². The fourth-order valence-corrected chi connectivity index (χ4v) is 3.61. The molecule has 0 spiro atoms. The van der Waals surface area contributed by atoms with Gasteiger partial charge < -0.3 is 4.90 Å². The SMILES string of the molecule is Cc1ccc(-c2nn(-c3ccccc3)cc2C(=O)N2CCCCC2)cc1C. The molecule has 1 saturated heterocycles. The average molecular weight is 359 g/mol. The molecule has 1 aliphatic rings. The molecule has 4 heteroatoms. The second kappa shape index (κ2) is 7.39. The number of para-hydroxylation sites is 1. The molecular weight excluding hydrogens is 334 g/mol. The number of carbonyl (C=O) groups is 1. The highest BCUT2D eigenvalue weighted by molar-refractivity contribution is 6.00. The van der Waals surface area contributed by atoms with E-state index < -0.39 is 0 Å². The maximum absolute atomic E-state index is 13.3. The van der Waals surface area contributed by atoms with Crippen LogP contribution in [0.2, 0.25) is 0 Å². The molecule has 0 atom stereocenters. The number of amides is 1. The van der Waals surface area contributed by atoms with E-state index in [9.17, 15) is 4.79 Å². The van der Waals surface area contributed by atoms with E-state index in [-0.39, 0.29) is 5.91 Å². The maximum atomic E-state index is 13.3. The highest BCUT2D eigenvalue weighted by Crippen LogP contribution is 2.27. The monoisotopic (exact) mass is 359 g/mol. The standard InChI is InChI=1S/C23H25N3O/c1-17-11-12-19(15-18(17)2)22-21(23(27)25-13-7-4-8-14-25)16-26(24-22)20-9-5-3-6-10-20/h3,5-6,9-12,15-16H,4,7-8,13-14H2,1-2H3. The number of rotatable bonds is 3. The summed E-state index contributed by atoms with van der Waals surface area (Å²) in [7, 11) is 0. The van der Waals surface area contributed by atoms with Crippen molar-refractivity contribution in [2.24, 2.45) is 0 Å². The fraction of sp³-hybridized carbons (Fsp3) is 0.304. The van der Waals surface area contributed by atoms with Crippen molar-refractivity contribution >= 4 is 5.91 Å². The molecule has 0 N–H and O–H groups in total. The van der Waals surface area contributed by atoms with Gasteiger partial charge in [0.1, 0.15) is 5.69 Å². The topological polar surface area (TPSA) is 38.1 Å². The van der Waals surface area contributed by atoms with Crippen molar-refractivity contribution in [1.29, 1.82) is 0 Å². The van der Waals surface area contributed by atoms with Crippen LogP contribution in [0.4, 0.5) is 0 Å². The van der Waals surface area contributed by atoms with Gasteiger partial charge in [0, 0.05) is 24.8 Å². The molecule has 0 saturated carbocycles. The van der Waals surface area contributed by atoms with Crippen molar-refractivity contribution in [3.63, 3.8) is 0 Å². The maximum Gasteiger partial charge on any atom is 0.257 e. The molecule has 0 aliphatic carbocycles. The third kappa shape index (κ3) is 3.52. The number of benzene rings is 2. The molecule has 0 unspecified atom stereocenters. The molecule has 3 aromatic rings. The summed E-state index contributed by atoms with van der Waals surface area (Å²) >= 11 is 0. The van der Waals surface area contributed by atoms with Gasteiger partial charge in [-0.3, -0.25) is 4.79 Å². The summed E-state index contributed by atoms with van der Waals surface area (Å²) in [6.07, 6.45) is 5.25. The van der Waals surface area contributed by atoms with Gasteiger partial charge in [0.25, 0.3) is 5.91 Å². The van der Waals surface area contributed by atoms with Gasteiger partial charge in [-0.1, -0.05) is 30.3 Å². The van der Waals surface area contributed by atoms with Crippen molar-refractivity contribution in [3.8, 4) is 16.9 Å². The number of hydrogen-bond acceptors (Lipinski definition) is 2. The molecule has 27 heavy (non-hydrogen) atoms. The summed E-state index contributed by atoms with van der Waals surface area (Å²) in [4.78, 5) is 15.2. The van der Waals surface area contributed by atoms with Gasteiger partial charge in [-0.05, 0) is 62.4 Å². The lowest BCUT2D eigenvalue weighted by molar-refractivity contribution is 0.0725. The Bertz CT molecular complexity index is 953. The summed E-state index contributed by atoms with van der Waals surface area (Å²) in [6, 6.07) is 16.3. The number of aromatic nitrogens is 2. The van der Waals surface area contributed by atoms with E-state index in [4.69, 9.17) is 5.10 Å². The number of nitrogens with zero attached hydrogens (tertiary/aromatic N) is 3. The Labute approximate surface area is 160 Å². The summed E-state index contributed by atoms with van der Waals surface area (Å²) in [5, 5.41) is 4.81. The molecule has 138 valence electrons. The largest absolute Gasteiger partial charge is 0.339 e. The second-order valence-corrected chi connectivity index (χ2v) is 7.32. The van der Waals surface area contributed by atoms with Crippen LogP contribution in [-0.4, -0.2) is 33.7 Å². The third-order valence-electron chi connectivity index (χ3n) is 5.39. The van der Waals surface area contributed by atoms with Crippen molar-refractivity contribution in [2.45, 2.75) is 33.1 Å². The lowest BCUT2D eigenvalue weighted by atomic mass is 10.0. The molecule has 1 aliphatic heterocycles. The number of likely N-dealkylation sites (tertiary alicyclic amines) is 1. The Morgan fingerprint density at radius 3 is 2.37 bits per heavy atom. The summed E-state index contributed by atoms with van der Waals surface area (Å²) in [5.41, 5.74) is 5.85. The van der Waals surface area contributed by atoms with E-state index >= 15 is 0 Å².